The molecule has 3 unspecified atom stereocenters. The minimum absolute atomic E-state index is 0.0653. The van der Waals surface area contributed by atoms with Crippen LogP contribution in [-0.2, 0) is 17.5 Å². The highest BCUT2D eigenvalue weighted by Crippen LogP contribution is 2.49. The first-order valence-electron chi connectivity index (χ1n) is 17.5. The van der Waals surface area contributed by atoms with Gasteiger partial charge in [-0.15, -0.1) is 5.01 Å². The quantitative estimate of drug-likeness (QED) is 0.246. The molecule has 5 atom stereocenters. The van der Waals surface area contributed by atoms with Crippen LogP contribution < -0.4 is 5.69 Å². The minimum Gasteiger partial charge on any atom is -0.380 e. The van der Waals surface area contributed by atoms with E-state index in [0.29, 0.717) is 36.3 Å². The van der Waals surface area contributed by atoms with Crippen LogP contribution >= 0.6 is 0 Å². The monoisotopic (exact) mass is 652 g/mol. The van der Waals surface area contributed by atoms with E-state index < -0.39 is 17.4 Å². The third-order valence-corrected chi connectivity index (χ3v) is 12.1. The average molecular weight is 653 g/mol. The van der Waals surface area contributed by atoms with Crippen molar-refractivity contribution in [1.82, 2.24) is 18.9 Å². The Morgan fingerprint density at radius 3 is 2.66 bits per heavy atom. The Bertz CT molecular complexity index is 1740. The summed E-state index contributed by atoms with van der Waals surface area (Å²) in [5, 5.41) is 2.56. The molecule has 6 heterocycles. The number of hydrazine groups is 1. The third kappa shape index (κ3) is 5.33. The van der Waals surface area contributed by atoms with Crippen molar-refractivity contribution in [3.63, 3.8) is 0 Å². The summed E-state index contributed by atoms with van der Waals surface area (Å²) in [5.74, 6) is 0.807. The number of halogens is 3. The zero-order valence-electron chi connectivity index (χ0n) is 27.5. The van der Waals surface area contributed by atoms with Crippen LogP contribution in [0.15, 0.2) is 47.5 Å². The summed E-state index contributed by atoms with van der Waals surface area (Å²) in [7, 11) is 4.11. The smallest absolute Gasteiger partial charge is 0.380 e. The summed E-state index contributed by atoms with van der Waals surface area (Å²) in [6.45, 7) is 3.87. The summed E-state index contributed by atoms with van der Waals surface area (Å²) in [6.07, 6.45) is 11.4. The van der Waals surface area contributed by atoms with E-state index in [4.69, 9.17) is 4.74 Å². The lowest BCUT2D eigenvalue weighted by Crippen LogP contribution is -2.62. The van der Waals surface area contributed by atoms with Gasteiger partial charge in [-0.2, -0.15) is 13.2 Å². The number of nitrogens with zero attached hydrogens (tertiary/aromatic N) is 6. The number of rotatable bonds is 7. The summed E-state index contributed by atoms with van der Waals surface area (Å²) >= 11 is 0. The Morgan fingerprint density at radius 1 is 1.04 bits per heavy atom. The van der Waals surface area contributed by atoms with Gasteiger partial charge >= 0.3 is 18.0 Å². The first kappa shape index (κ1) is 31.1. The van der Waals surface area contributed by atoms with Gasteiger partial charge in [0.2, 0.25) is 6.67 Å². The number of quaternary nitrogens is 1. The number of methoxy groups -OCH3 is 1. The van der Waals surface area contributed by atoms with Crippen LogP contribution in [0.4, 0.5) is 13.2 Å². The molecule has 252 valence electrons. The molecule has 5 aliphatic rings. The van der Waals surface area contributed by atoms with Gasteiger partial charge in [0, 0.05) is 39.0 Å². The number of hydrazone groups is 1. The number of likely N-dealkylation sites (N-methyl/N-ethyl adjacent to an activating group) is 1. The van der Waals surface area contributed by atoms with E-state index in [0.717, 1.165) is 43.5 Å². The van der Waals surface area contributed by atoms with Gasteiger partial charge in [0.25, 0.3) is 0 Å². The molecule has 11 heteroatoms. The fraction of sp³-hybridized carbons (Fsp3) is 0.611. The van der Waals surface area contributed by atoms with Gasteiger partial charge in [-0.05, 0) is 80.3 Å². The normalized spacial score (nSPS) is 29.1. The number of benzene rings is 1. The maximum absolute atomic E-state index is 14.5. The zero-order chi connectivity index (χ0) is 32.5. The predicted molar refractivity (Wildman–Crippen MR) is 174 cm³/mol. The Balaban J connectivity index is 1.18. The van der Waals surface area contributed by atoms with E-state index >= 15 is 0 Å². The molecule has 0 amide bonds. The Labute approximate surface area is 274 Å². The SMILES string of the molecule is CO[C@@H]1CCCN(Cc2cc(C(F)(F)F)c3cn(-c4cccc([C@@H](C5CCC5)C5[N+]6=CCC7CCCCN6C[N+]75C)c4)c(=O)n3c2)C1. The lowest BCUT2D eigenvalue weighted by Gasteiger charge is -2.44. The van der Waals surface area contributed by atoms with Crippen molar-refractivity contribution in [2.45, 2.75) is 94.7 Å². The fourth-order valence-corrected chi connectivity index (χ4v) is 9.50. The number of alkyl halides is 3. The van der Waals surface area contributed by atoms with E-state index in [1.807, 2.05) is 12.1 Å². The highest BCUT2D eigenvalue weighted by Gasteiger charge is 2.64. The topological polar surface area (TPSA) is 45.1 Å². The summed E-state index contributed by atoms with van der Waals surface area (Å²) in [4.78, 5) is 16.1. The highest BCUT2D eigenvalue weighted by atomic mass is 19.4. The summed E-state index contributed by atoms with van der Waals surface area (Å²) in [5.41, 5.74) is 0.894. The van der Waals surface area contributed by atoms with Gasteiger partial charge in [0.15, 0.2) is 6.21 Å². The number of imidazole rings is 1. The van der Waals surface area contributed by atoms with E-state index in [9.17, 15) is 18.0 Å². The van der Waals surface area contributed by atoms with Crippen molar-refractivity contribution in [3.05, 3.63) is 69.9 Å². The van der Waals surface area contributed by atoms with Crippen molar-refractivity contribution in [3.8, 4) is 5.69 Å². The number of likely N-dealkylation sites (tertiary alicyclic amines) is 1. The second-order valence-electron chi connectivity index (χ2n) is 14.9. The molecule has 3 bridgehead atoms. The predicted octanol–water partition coefficient (Wildman–Crippen LogP) is 5.60. The number of ether oxygens (including phenoxy) is 1. The number of hydrogen-bond acceptors (Lipinski definition) is 4. The van der Waals surface area contributed by atoms with Crippen molar-refractivity contribution in [1.29, 1.82) is 0 Å². The number of aromatic nitrogens is 2. The molecule has 0 radical (unpaired) electrons. The molecular weight excluding hydrogens is 605 g/mol. The lowest BCUT2D eigenvalue weighted by atomic mass is 9.70. The maximum atomic E-state index is 14.5. The van der Waals surface area contributed by atoms with Crippen LogP contribution in [0.3, 0.4) is 0 Å². The Hall–Kier alpha value is -3.15. The second kappa shape index (κ2) is 11.8. The molecule has 1 aliphatic carbocycles. The van der Waals surface area contributed by atoms with Gasteiger partial charge in [0.05, 0.1) is 42.9 Å². The molecule has 8 rings (SSSR count). The molecule has 47 heavy (non-hydrogen) atoms. The van der Waals surface area contributed by atoms with Crippen molar-refractivity contribution in [2.24, 2.45) is 5.92 Å². The average Bonchev–Trinajstić information content (AvgIpc) is 3.49. The Kier molecular flexibility index (Phi) is 7.80. The fourth-order valence-electron chi connectivity index (χ4n) is 9.50. The van der Waals surface area contributed by atoms with E-state index in [-0.39, 0.29) is 23.7 Å². The molecule has 2 aromatic heterocycles. The number of pyridine rings is 1. The van der Waals surface area contributed by atoms with Crippen molar-refractivity contribution >= 4 is 11.7 Å². The molecule has 3 aromatic rings. The van der Waals surface area contributed by atoms with Crippen LogP contribution in [-0.4, -0.2) is 93.0 Å². The molecular formula is C36H47F3N6O2+2. The molecule has 4 aliphatic heterocycles. The first-order chi connectivity index (χ1) is 22.6. The lowest BCUT2D eigenvalue weighted by molar-refractivity contribution is -0.999. The zero-order valence-corrected chi connectivity index (χ0v) is 27.5. The Morgan fingerprint density at radius 2 is 1.89 bits per heavy atom. The number of fused-ring (bicyclic) bond motifs is 4. The summed E-state index contributed by atoms with van der Waals surface area (Å²) in [6, 6.07) is 9.91. The van der Waals surface area contributed by atoms with Crippen LogP contribution in [0.2, 0.25) is 0 Å². The molecule has 3 saturated heterocycles. The van der Waals surface area contributed by atoms with E-state index in [1.165, 1.54) is 65.3 Å². The van der Waals surface area contributed by atoms with Crippen LogP contribution in [0.25, 0.3) is 11.2 Å². The van der Waals surface area contributed by atoms with Gasteiger partial charge in [0.1, 0.15) is 12.0 Å². The maximum Gasteiger partial charge on any atom is 0.418 e. The van der Waals surface area contributed by atoms with E-state index in [2.05, 4.69) is 40.0 Å². The molecule has 1 saturated carbocycles. The largest absolute Gasteiger partial charge is 0.418 e. The number of hydrogen-bond donors (Lipinski definition) is 0. The molecule has 4 fully saturated rings. The highest BCUT2D eigenvalue weighted by molar-refractivity contribution is 5.58. The van der Waals surface area contributed by atoms with Crippen LogP contribution in [0.5, 0.6) is 0 Å². The standard InChI is InChI=1S/C36H47F3N6O2/c1-45-24-41-16-4-3-12-29(45)14-17-44(41)34(45)33(26-8-5-9-26)27-10-6-11-28(19-27)42-23-32-31(36(37,38)39)18-25(21-43(32)35(42)46)20-40-15-7-13-30(22-40)47-2/h6,10-11,17-19,21,23,26,29-30,33-34H,3-5,7-9,12-16,20,22,24H2,1-2H3/q+2/t29?,30-,33-,34?,45?/m1/s1. The van der Waals surface area contributed by atoms with Gasteiger partial charge in [-0.1, -0.05) is 23.2 Å². The van der Waals surface area contributed by atoms with E-state index in [1.54, 1.807) is 13.3 Å². The molecule has 0 spiro atoms. The van der Waals surface area contributed by atoms with Gasteiger partial charge in [-0.25, -0.2) is 9.28 Å². The third-order valence-electron chi connectivity index (χ3n) is 12.1. The van der Waals surface area contributed by atoms with Crippen molar-refractivity contribution < 1.29 is 27.1 Å². The summed E-state index contributed by atoms with van der Waals surface area (Å²) < 4.78 is 55.2. The second-order valence-corrected chi connectivity index (χ2v) is 14.9. The van der Waals surface area contributed by atoms with Crippen LogP contribution in [0, 0.1) is 5.92 Å². The molecule has 8 nitrogen and oxygen atoms in total. The molecule has 0 N–H and O–H groups in total. The minimum atomic E-state index is -4.60. The van der Waals surface area contributed by atoms with Gasteiger partial charge < -0.3 is 4.74 Å². The number of piperidine rings is 1. The van der Waals surface area contributed by atoms with Crippen LogP contribution in [0.1, 0.15) is 80.4 Å². The first-order valence-corrected chi connectivity index (χ1v) is 17.5. The molecule has 1 aromatic carbocycles. The van der Waals surface area contributed by atoms with Gasteiger partial charge in [-0.3, -0.25) is 13.9 Å². The van der Waals surface area contributed by atoms with Crippen molar-refractivity contribution in [2.75, 3.05) is 40.5 Å².